The van der Waals surface area contributed by atoms with Gasteiger partial charge in [-0.1, -0.05) is 0 Å². The van der Waals surface area contributed by atoms with E-state index in [1.54, 1.807) is 12.1 Å². The van der Waals surface area contributed by atoms with Crippen molar-refractivity contribution in [3.05, 3.63) is 59.2 Å². The lowest BCUT2D eigenvalue weighted by Gasteiger charge is -2.31. The summed E-state index contributed by atoms with van der Waals surface area (Å²) in [4.78, 5) is 0. The highest BCUT2D eigenvalue weighted by Crippen LogP contribution is 2.30. The Kier molecular flexibility index (Phi) is 5.99. The summed E-state index contributed by atoms with van der Waals surface area (Å²) in [5, 5.41) is 23.9. The average molecular weight is 405 g/mol. The zero-order valence-electron chi connectivity index (χ0n) is 16.0. The molecule has 4 atom stereocenters. The second-order valence-corrected chi connectivity index (χ2v) is 7.69. The molecule has 2 aromatic carbocycles. The van der Waals surface area contributed by atoms with Crippen molar-refractivity contribution in [2.45, 2.75) is 50.1 Å². The Labute approximate surface area is 168 Å². The van der Waals surface area contributed by atoms with Gasteiger partial charge in [0.15, 0.2) is 0 Å². The van der Waals surface area contributed by atoms with Crippen LogP contribution < -0.4 is 14.8 Å². The minimum Gasteiger partial charge on any atom is -0.487 e. The standard InChI is InChI=1S/C22H25F2NO4/c23-15-3-7-19-13(9-15)1-5-21(28-19)17(26)11-25-12-18(27)22-6-2-14-10-16(24)4-8-20(14)29-22/h3-4,7-10,17-18,21-22,25-27H,1-2,5-6,11-12H2/t17-,18?,21?,22+/m0/s1. The molecule has 0 amide bonds. The number of ether oxygens (including phenoxy) is 2. The first-order valence-corrected chi connectivity index (χ1v) is 9.96. The molecule has 2 aromatic rings. The van der Waals surface area contributed by atoms with Gasteiger partial charge < -0.3 is 25.0 Å². The maximum Gasteiger partial charge on any atom is 0.126 e. The van der Waals surface area contributed by atoms with Crippen molar-refractivity contribution >= 4 is 0 Å². The van der Waals surface area contributed by atoms with Crippen LogP contribution in [0.4, 0.5) is 8.78 Å². The fourth-order valence-electron chi connectivity index (χ4n) is 3.94. The Morgan fingerprint density at radius 3 is 1.72 bits per heavy atom. The highest BCUT2D eigenvalue weighted by Gasteiger charge is 2.29. The number of hydrogen-bond donors (Lipinski definition) is 3. The highest BCUT2D eigenvalue weighted by atomic mass is 19.1. The van der Waals surface area contributed by atoms with Crippen molar-refractivity contribution in [1.29, 1.82) is 0 Å². The van der Waals surface area contributed by atoms with Crippen LogP contribution in [0.3, 0.4) is 0 Å². The number of aryl methyl sites for hydroxylation is 2. The Balaban J connectivity index is 1.24. The monoisotopic (exact) mass is 405 g/mol. The quantitative estimate of drug-likeness (QED) is 0.688. The van der Waals surface area contributed by atoms with Gasteiger partial charge in [0.2, 0.25) is 0 Å². The topological polar surface area (TPSA) is 71.0 Å². The highest BCUT2D eigenvalue weighted by molar-refractivity contribution is 5.36. The van der Waals surface area contributed by atoms with Crippen LogP contribution in [0.25, 0.3) is 0 Å². The molecular formula is C22H25F2NO4. The molecule has 0 bridgehead atoms. The Morgan fingerprint density at radius 1 is 0.828 bits per heavy atom. The molecular weight excluding hydrogens is 380 g/mol. The molecule has 156 valence electrons. The molecule has 2 heterocycles. The van der Waals surface area contributed by atoms with E-state index in [0.29, 0.717) is 37.2 Å². The molecule has 3 N–H and O–H groups in total. The molecule has 4 rings (SSSR count). The number of aliphatic hydroxyl groups excluding tert-OH is 2. The summed E-state index contributed by atoms with van der Waals surface area (Å²) in [6.45, 7) is 0.513. The van der Waals surface area contributed by atoms with E-state index in [-0.39, 0.29) is 36.9 Å². The lowest BCUT2D eigenvalue weighted by molar-refractivity contribution is 0.00892. The number of halogens is 2. The molecule has 2 unspecified atom stereocenters. The van der Waals surface area contributed by atoms with E-state index in [0.717, 1.165) is 11.1 Å². The Morgan fingerprint density at radius 2 is 1.28 bits per heavy atom. The van der Waals surface area contributed by atoms with Crippen LogP contribution in [-0.4, -0.2) is 47.7 Å². The van der Waals surface area contributed by atoms with Crippen molar-refractivity contribution < 1.29 is 28.5 Å². The van der Waals surface area contributed by atoms with Crippen molar-refractivity contribution in [2.75, 3.05) is 13.1 Å². The molecule has 5 nitrogen and oxygen atoms in total. The molecule has 0 aliphatic carbocycles. The SMILES string of the molecule is OC(CNC[C@H](O)C1CCc2cc(F)ccc2O1)[C@H]1CCc2cc(F)ccc2O1. The normalized spacial score (nSPS) is 22.6. The van der Waals surface area contributed by atoms with Gasteiger partial charge in [0.05, 0.1) is 0 Å². The number of nitrogens with one attached hydrogen (secondary N) is 1. The number of benzene rings is 2. The lowest BCUT2D eigenvalue weighted by Crippen LogP contribution is -2.46. The third-order valence-corrected chi connectivity index (χ3v) is 5.56. The van der Waals surface area contributed by atoms with Gasteiger partial charge in [0, 0.05) is 13.1 Å². The third-order valence-electron chi connectivity index (χ3n) is 5.56. The van der Waals surface area contributed by atoms with Crippen LogP contribution in [0.1, 0.15) is 24.0 Å². The van der Waals surface area contributed by atoms with Crippen molar-refractivity contribution in [3.8, 4) is 11.5 Å². The fourth-order valence-corrected chi connectivity index (χ4v) is 3.94. The molecule has 0 fully saturated rings. The van der Waals surface area contributed by atoms with E-state index in [9.17, 15) is 19.0 Å². The third kappa shape index (κ3) is 4.69. The first-order valence-electron chi connectivity index (χ1n) is 9.96. The predicted octanol–water partition coefficient (Wildman–Crippen LogP) is 2.36. The average Bonchev–Trinajstić information content (AvgIpc) is 2.72. The summed E-state index contributed by atoms with van der Waals surface area (Å²) < 4.78 is 38.2. The molecule has 0 saturated heterocycles. The van der Waals surface area contributed by atoms with E-state index in [2.05, 4.69) is 5.32 Å². The van der Waals surface area contributed by atoms with E-state index in [4.69, 9.17) is 9.47 Å². The molecule has 0 spiro atoms. The van der Waals surface area contributed by atoms with Gasteiger partial charge in [-0.05, 0) is 73.2 Å². The Hall–Kier alpha value is -2.22. The molecule has 2 aliphatic heterocycles. The first kappa shape index (κ1) is 20.1. The van der Waals surface area contributed by atoms with Gasteiger partial charge in [-0.15, -0.1) is 0 Å². The second-order valence-electron chi connectivity index (χ2n) is 7.69. The minimum atomic E-state index is -0.753. The first-order chi connectivity index (χ1) is 14.0. The molecule has 0 radical (unpaired) electrons. The summed E-state index contributed by atoms with van der Waals surface area (Å²) >= 11 is 0. The lowest BCUT2D eigenvalue weighted by atomic mass is 9.98. The summed E-state index contributed by atoms with van der Waals surface area (Å²) in [5.41, 5.74) is 1.62. The van der Waals surface area contributed by atoms with Crippen molar-refractivity contribution in [1.82, 2.24) is 5.32 Å². The Bertz CT molecular complexity index is 793. The molecule has 0 aromatic heterocycles. The van der Waals surface area contributed by atoms with Crippen molar-refractivity contribution in [2.24, 2.45) is 0 Å². The van der Waals surface area contributed by atoms with Crippen LogP contribution in [0.15, 0.2) is 36.4 Å². The zero-order valence-corrected chi connectivity index (χ0v) is 16.0. The van der Waals surface area contributed by atoms with Crippen LogP contribution in [-0.2, 0) is 12.8 Å². The summed E-state index contributed by atoms with van der Waals surface area (Å²) in [6.07, 6.45) is 0.214. The largest absolute Gasteiger partial charge is 0.487 e. The summed E-state index contributed by atoms with van der Waals surface area (Å²) in [6, 6.07) is 8.79. The van der Waals surface area contributed by atoms with Crippen molar-refractivity contribution in [3.63, 3.8) is 0 Å². The van der Waals surface area contributed by atoms with Crippen LogP contribution in [0.2, 0.25) is 0 Å². The molecule has 0 saturated carbocycles. The smallest absolute Gasteiger partial charge is 0.126 e. The molecule has 7 heteroatoms. The maximum absolute atomic E-state index is 13.3. The number of fused-ring (bicyclic) bond motifs is 2. The maximum atomic E-state index is 13.3. The van der Waals surface area contributed by atoms with Gasteiger partial charge in [-0.25, -0.2) is 8.78 Å². The molecule has 2 aliphatic rings. The van der Waals surface area contributed by atoms with Crippen LogP contribution in [0, 0.1) is 11.6 Å². The van der Waals surface area contributed by atoms with Gasteiger partial charge in [0.25, 0.3) is 0 Å². The molecule has 29 heavy (non-hydrogen) atoms. The summed E-state index contributed by atoms with van der Waals surface area (Å²) in [5.74, 6) is 0.624. The minimum absolute atomic E-state index is 0.257. The second kappa shape index (κ2) is 8.65. The van der Waals surface area contributed by atoms with E-state index >= 15 is 0 Å². The van der Waals surface area contributed by atoms with E-state index in [1.807, 2.05) is 0 Å². The van der Waals surface area contributed by atoms with Gasteiger partial charge in [-0.2, -0.15) is 0 Å². The zero-order chi connectivity index (χ0) is 20.4. The van der Waals surface area contributed by atoms with Gasteiger partial charge in [0.1, 0.15) is 47.5 Å². The number of rotatable bonds is 6. The number of aliphatic hydroxyl groups is 2. The van der Waals surface area contributed by atoms with E-state index in [1.165, 1.54) is 24.3 Å². The van der Waals surface area contributed by atoms with Crippen LogP contribution >= 0.6 is 0 Å². The predicted molar refractivity (Wildman–Crippen MR) is 103 cm³/mol. The van der Waals surface area contributed by atoms with Crippen LogP contribution in [0.5, 0.6) is 11.5 Å². The summed E-state index contributed by atoms with van der Waals surface area (Å²) in [7, 11) is 0. The van der Waals surface area contributed by atoms with Gasteiger partial charge in [-0.3, -0.25) is 0 Å². The fraction of sp³-hybridized carbons (Fsp3) is 0.455. The van der Waals surface area contributed by atoms with Gasteiger partial charge >= 0.3 is 0 Å². The number of hydrogen-bond acceptors (Lipinski definition) is 5. The van der Waals surface area contributed by atoms with E-state index < -0.39 is 12.2 Å².